The maximum Gasteiger partial charge on any atom is 0.342 e. The van der Waals surface area contributed by atoms with Gasteiger partial charge in [0.2, 0.25) is 0 Å². The van der Waals surface area contributed by atoms with Crippen LogP contribution in [0, 0.1) is 0 Å². The van der Waals surface area contributed by atoms with E-state index in [1.165, 1.54) is 20.3 Å². The first-order valence-electron chi connectivity index (χ1n) is 9.44. The van der Waals surface area contributed by atoms with Crippen LogP contribution in [0.5, 0.6) is 17.2 Å². The highest BCUT2D eigenvalue weighted by molar-refractivity contribution is 8.18. The smallest absolute Gasteiger partial charge is 0.342 e. The summed E-state index contributed by atoms with van der Waals surface area (Å²) in [6.07, 6.45) is 0.547. The summed E-state index contributed by atoms with van der Waals surface area (Å²) in [5, 5.41) is 11.9. The van der Waals surface area contributed by atoms with E-state index in [2.05, 4.69) is 5.32 Å². The number of methoxy groups -OCH3 is 2. The molecule has 1 heterocycles. The number of amides is 2. The van der Waals surface area contributed by atoms with Gasteiger partial charge in [0, 0.05) is 6.07 Å². The fourth-order valence-electron chi connectivity index (χ4n) is 2.69. The summed E-state index contributed by atoms with van der Waals surface area (Å²) in [5.74, 6) is 0.244. The molecule has 1 unspecified atom stereocenters. The van der Waals surface area contributed by atoms with Crippen LogP contribution in [0.25, 0.3) is 6.08 Å². The monoisotopic (exact) mass is 459 g/mol. The highest BCUT2D eigenvalue weighted by atomic mass is 32.2. The second kappa shape index (κ2) is 10.7. The standard InChI is InChI=1S/C22H21NO8S/c1-28-16-7-8-17(18(10-16)29-2)21(26)31-12-14(24)11-30-15-5-3-13(4-6-15)9-19-20(25)23-22(27)32-19/h3-10,14,24H,11-12H2,1-2H3,(H,23,25,27)/b19-9-. The number of carbonyl (C=O) groups excluding carboxylic acids is 3. The van der Waals surface area contributed by atoms with E-state index in [9.17, 15) is 19.5 Å². The van der Waals surface area contributed by atoms with Crippen molar-refractivity contribution >= 4 is 35.0 Å². The van der Waals surface area contributed by atoms with Crippen LogP contribution in [-0.4, -0.2) is 55.8 Å². The van der Waals surface area contributed by atoms with Gasteiger partial charge in [0.25, 0.3) is 11.1 Å². The first-order chi connectivity index (χ1) is 15.4. The van der Waals surface area contributed by atoms with Crippen molar-refractivity contribution in [1.29, 1.82) is 0 Å². The molecule has 0 aliphatic carbocycles. The second-order valence-electron chi connectivity index (χ2n) is 6.55. The van der Waals surface area contributed by atoms with E-state index in [4.69, 9.17) is 18.9 Å². The summed E-state index contributed by atoms with van der Waals surface area (Å²) in [5.41, 5.74) is 0.926. The molecule has 2 amide bonds. The minimum atomic E-state index is -1.05. The van der Waals surface area contributed by atoms with Crippen molar-refractivity contribution in [3.8, 4) is 17.2 Å². The average Bonchev–Trinajstić information content (AvgIpc) is 3.12. The van der Waals surface area contributed by atoms with Crippen molar-refractivity contribution in [2.24, 2.45) is 0 Å². The predicted molar refractivity (Wildman–Crippen MR) is 117 cm³/mol. The Kier molecular flexibility index (Phi) is 7.74. The summed E-state index contributed by atoms with van der Waals surface area (Å²) in [7, 11) is 2.93. The van der Waals surface area contributed by atoms with Crippen LogP contribution in [0.1, 0.15) is 15.9 Å². The van der Waals surface area contributed by atoms with Gasteiger partial charge in [0.1, 0.15) is 42.1 Å². The lowest BCUT2D eigenvalue weighted by atomic mass is 10.2. The highest BCUT2D eigenvalue weighted by Gasteiger charge is 2.24. The normalized spacial score (nSPS) is 15.3. The van der Waals surface area contributed by atoms with Gasteiger partial charge in [-0.05, 0) is 47.7 Å². The molecular formula is C22H21NO8S. The zero-order chi connectivity index (χ0) is 23.1. The molecule has 10 heteroatoms. The largest absolute Gasteiger partial charge is 0.497 e. The maximum atomic E-state index is 12.3. The Balaban J connectivity index is 1.48. The summed E-state index contributed by atoms with van der Waals surface area (Å²) in [4.78, 5) is 35.4. The molecule has 1 aliphatic heterocycles. The zero-order valence-electron chi connectivity index (χ0n) is 17.3. The van der Waals surface area contributed by atoms with Crippen molar-refractivity contribution < 1.29 is 38.4 Å². The molecule has 2 N–H and O–H groups in total. The molecule has 0 aromatic heterocycles. The lowest BCUT2D eigenvalue weighted by Crippen LogP contribution is -2.25. The number of benzene rings is 2. The molecule has 3 rings (SSSR count). The number of hydrogen-bond donors (Lipinski definition) is 2. The van der Waals surface area contributed by atoms with Crippen LogP contribution >= 0.6 is 11.8 Å². The predicted octanol–water partition coefficient (Wildman–Crippen LogP) is 2.62. The van der Waals surface area contributed by atoms with Crippen molar-refractivity contribution in [3.05, 3.63) is 58.5 Å². The molecule has 1 saturated heterocycles. The average molecular weight is 459 g/mol. The Morgan fingerprint density at radius 3 is 2.41 bits per heavy atom. The van der Waals surface area contributed by atoms with Crippen LogP contribution in [-0.2, 0) is 9.53 Å². The number of esters is 1. The quantitative estimate of drug-likeness (QED) is 0.431. The summed E-state index contributed by atoms with van der Waals surface area (Å²) in [6, 6.07) is 11.4. The fourth-order valence-corrected chi connectivity index (χ4v) is 3.37. The van der Waals surface area contributed by atoms with Crippen LogP contribution in [0.15, 0.2) is 47.4 Å². The van der Waals surface area contributed by atoms with Gasteiger partial charge in [0.15, 0.2) is 0 Å². The first-order valence-corrected chi connectivity index (χ1v) is 10.3. The Bertz CT molecular complexity index is 1030. The number of aliphatic hydroxyl groups excluding tert-OH is 1. The number of thioether (sulfide) groups is 1. The fraction of sp³-hybridized carbons (Fsp3) is 0.227. The third kappa shape index (κ3) is 6.02. The molecule has 0 saturated carbocycles. The molecule has 2 aromatic carbocycles. The molecular weight excluding hydrogens is 438 g/mol. The van der Waals surface area contributed by atoms with Gasteiger partial charge < -0.3 is 24.1 Å². The number of carbonyl (C=O) groups is 3. The highest BCUT2D eigenvalue weighted by Crippen LogP contribution is 2.27. The molecule has 2 aromatic rings. The molecule has 168 valence electrons. The number of imide groups is 1. The van der Waals surface area contributed by atoms with Gasteiger partial charge in [-0.3, -0.25) is 14.9 Å². The van der Waals surface area contributed by atoms with Gasteiger partial charge in [-0.1, -0.05) is 12.1 Å². The van der Waals surface area contributed by atoms with E-state index in [1.54, 1.807) is 42.5 Å². The Hall–Kier alpha value is -3.50. The topological polar surface area (TPSA) is 120 Å². The molecule has 0 radical (unpaired) electrons. The molecule has 1 aliphatic rings. The van der Waals surface area contributed by atoms with Crippen LogP contribution < -0.4 is 19.5 Å². The van der Waals surface area contributed by atoms with E-state index in [1.807, 2.05) is 0 Å². The molecule has 0 bridgehead atoms. The van der Waals surface area contributed by atoms with Crippen molar-refractivity contribution in [2.45, 2.75) is 6.10 Å². The number of rotatable bonds is 9. The van der Waals surface area contributed by atoms with E-state index < -0.39 is 23.2 Å². The van der Waals surface area contributed by atoms with Gasteiger partial charge >= 0.3 is 5.97 Å². The van der Waals surface area contributed by atoms with Gasteiger partial charge in [-0.15, -0.1) is 0 Å². The summed E-state index contributed by atoms with van der Waals surface area (Å²) in [6.45, 7) is -0.362. The summed E-state index contributed by atoms with van der Waals surface area (Å²) >= 11 is 0.839. The Labute approximate surface area is 188 Å². The lowest BCUT2D eigenvalue weighted by Gasteiger charge is -2.14. The Morgan fingerprint density at radius 1 is 1.06 bits per heavy atom. The first kappa shape index (κ1) is 23.2. The molecule has 9 nitrogen and oxygen atoms in total. The number of ether oxygens (including phenoxy) is 4. The number of aliphatic hydroxyl groups is 1. The second-order valence-corrected chi connectivity index (χ2v) is 7.57. The Morgan fingerprint density at radius 2 is 1.78 bits per heavy atom. The van der Waals surface area contributed by atoms with Crippen molar-refractivity contribution in [1.82, 2.24) is 5.32 Å². The third-order valence-corrected chi connectivity index (χ3v) is 5.11. The maximum absolute atomic E-state index is 12.3. The molecule has 1 fully saturated rings. The number of nitrogens with one attached hydrogen (secondary N) is 1. The van der Waals surface area contributed by atoms with Crippen LogP contribution in [0.4, 0.5) is 4.79 Å². The van der Waals surface area contributed by atoms with Crippen molar-refractivity contribution in [2.75, 3.05) is 27.4 Å². The number of hydrogen-bond acceptors (Lipinski definition) is 9. The van der Waals surface area contributed by atoms with Crippen molar-refractivity contribution in [3.63, 3.8) is 0 Å². The molecule has 1 atom stereocenters. The van der Waals surface area contributed by atoms with E-state index in [0.717, 1.165) is 11.8 Å². The van der Waals surface area contributed by atoms with Gasteiger partial charge in [0.05, 0.1) is 19.1 Å². The van der Waals surface area contributed by atoms with E-state index >= 15 is 0 Å². The van der Waals surface area contributed by atoms with Crippen LogP contribution in [0.3, 0.4) is 0 Å². The molecule has 32 heavy (non-hydrogen) atoms. The van der Waals surface area contributed by atoms with E-state index in [-0.39, 0.29) is 18.8 Å². The minimum Gasteiger partial charge on any atom is -0.497 e. The lowest BCUT2D eigenvalue weighted by molar-refractivity contribution is -0.115. The van der Waals surface area contributed by atoms with Gasteiger partial charge in [-0.25, -0.2) is 4.79 Å². The summed E-state index contributed by atoms with van der Waals surface area (Å²) < 4.78 is 20.9. The van der Waals surface area contributed by atoms with Crippen LogP contribution in [0.2, 0.25) is 0 Å². The van der Waals surface area contributed by atoms with Gasteiger partial charge in [-0.2, -0.15) is 0 Å². The molecule has 0 spiro atoms. The van der Waals surface area contributed by atoms with E-state index in [0.29, 0.717) is 27.7 Å². The minimum absolute atomic E-state index is 0.0970. The third-order valence-electron chi connectivity index (χ3n) is 4.30. The zero-order valence-corrected chi connectivity index (χ0v) is 18.1. The SMILES string of the molecule is COc1ccc(C(=O)OCC(O)COc2ccc(/C=C3\SC(=O)NC3=O)cc2)c(OC)c1.